The molecule has 0 atom stereocenters. The summed E-state index contributed by atoms with van der Waals surface area (Å²) in [7, 11) is 0. The highest BCUT2D eigenvalue weighted by Gasteiger charge is 2.11. The van der Waals surface area contributed by atoms with Crippen LogP contribution in [0.5, 0.6) is 11.6 Å². The number of hydrogen-bond donors (Lipinski definition) is 1. The minimum atomic E-state index is -0.0701. The van der Waals surface area contributed by atoms with Gasteiger partial charge >= 0.3 is 0 Å². The van der Waals surface area contributed by atoms with Gasteiger partial charge in [-0.3, -0.25) is 0 Å². The van der Waals surface area contributed by atoms with Crippen LogP contribution in [0.3, 0.4) is 0 Å². The molecule has 0 spiro atoms. The van der Waals surface area contributed by atoms with Crippen molar-refractivity contribution in [3.8, 4) is 11.6 Å². The minimum Gasteiger partial charge on any atom is -0.438 e. The van der Waals surface area contributed by atoms with Gasteiger partial charge in [0.1, 0.15) is 5.75 Å². The average molecular weight is 257 g/mol. The Labute approximate surface area is 113 Å². The van der Waals surface area contributed by atoms with E-state index in [4.69, 9.17) is 4.74 Å². The van der Waals surface area contributed by atoms with E-state index >= 15 is 0 Å². The van der Waals surface area contributed by atoms with Crippen molar-refractivity contribution in [1.29, 1.82) is 0 Å². The summed E-state index contributed by atoms with van der Waals surface area (Å²) in [5.41, 5.74) is 4.88. The lowest BCUT2D eigenvalue weighted by molar-refractivity contribution is 0.274. The predicted octanol–water partition coefficient (Wildman–Crippen LogP) is 3.60. The van der Waals surface area contributed by atoms with Crippen molar-refractivity contribution in [1.82, 2.24) is 4.98 Å². The quantitative estimate of drug-likeness (QED) is 0.913. The molecule has 3 nitrogen and oxygen atoms in total. The predicted molar refractivity (Wildman–Crippen MR) is 75.6 cm³/mol. The zero-order valence-electron chi connectivity index (χ0n) is 11.8. The van der Waals surface area contributed by atoms with Crippen molar-refractivity contribution < 1.29 is 9.84 Å². The summed E-state index contributed by atoms with van der Waals surface area (Å²) in [6.45, 7) is 7.85. The summed E-state index contributed by atoms with van der Waals surface area (Å²) >= 11 is 0. The molecule has 0 saturated carbocycles. The summed E-state index contributed by atoms with van der Waals surface area (Å²) in [6, 6.07) is 7.95. The third-order valence-corrected chi connectivity index (χ3v) is 3.13. The summed E-state index contributed by atoms with van der Waals surface area (Å²) in [6.07, 6.45) is 0. The molecule has 0 fully saturated rings. The maximum atomic E-state index is 9.46. The van der Waals surface area contributed by atoms with Crippen molar-refractivity contribution in [2.24, 2.45) is 0 Å². The van der Waals surface area contributed by atoms with Crippen molar-refractivity contribution in [3.63, 3.8) is 0 Å². The van der Waals surface area contributed by atoms with E-state index in [1.807, 2.05) is 45.9 Å². The fourth-order valence-corrected chi connectivity index (χ4v) is 2.12. The molecule has 19 heavy (non-hydrogen) atoms. The molecule has 0 bridgehead atoms. The van der Waals surface area contributed by atoms with Crippen molar-refractivity contribution in [2.75, 3.05) is 0 Å². The lowest BCUT2D eigenvalue weighted by Gasteiger charge is -2.13. The second-order valence-corrected chi connectivity index (χ2v) is 4.89. The standard InChI is InChI=1S/C16H19NO2/c1-10-5-6-15(12(3)7-10)19-16-14(9-18)11(2)8-13(4)17-16/h5-8,18H,9H2,1-4H3. The van der Waals surface area contributed by atoms with Gasteiger partial charge in [-0.2, -0.15) is 0 Å². The van der Waals surface area contributed by atoms with Crippen LogP contribution >= 0.6 is 0 Å². The lowest BCUT2D eigenvalue weighted by Crippen LogP contribution is -2.00. The molecule has 2 aromatic rings. The third-order valence-electron chi connectivity index (χ3n) is 3.13. The van der Waals surface area contributed by atoms with Gasteiger partial charge in [-0.05, 0) is 51.0 Å². The van der Waals surface area contributed by atoms with Gasteiger partial charge in [0.05, 0.1) is 6.61 Å². The van der Waals surface area contributed by atoms with E-state index in [1.165, 1.54) is 5.56 Å². The Kier molecular flexibility index (Phi) is 3.86. The topological polar surface area (TPSA) is 42.4 Å². The molecular formula is C16H19NO2. The molecule has 2 rings (SSSR count). The van der Waals surface area contributed by atoms with Gasteiger partial charge in [-0.15, -0.1) is 0 Å². The Morgan fingerprint density at radius 2 is 1.79 bits per heavy atom. The number of benzene rings is 1. The third kappa shape index (κ3) is 2.93. The van der Waals surface area contributed by atoms with Crippen LogP contribution in [0.15, 0.2) is 24.3 Å². The Balaban J connectivity index is 2.42. The van der Waals surface area contributed by atoms with Gasteiger partial charge in [0.15, 0.2) is 0 Å². The number of pyridine rings is 1. The number of aliphatic hydroxyl groups excluding tert-OH is 1. The first-order valence-corrected chi connectivity index (χ1v) is 6.34. The first-order chi connectivity index (χ1) is 9.01. The van der Waals surface area contributed by atoms with Gasteiger partial charge in [0.25, 0.3) is 0 Å². The molecule has 0 unspecified atom stereocenters. The molecule has 100 valence electrons. The van der Waals surface area contributed by atoms with Gasteiger partial charge in [-0.25, -0.2) is 4.98 Å². The maximum absolute atomic E-state index is 9.46. The van der Waals surface area contributed by atoms with E-state index in [2.05, 4.69) is 11.1 Å². The smallest absolute Gasteiger partial charge is 0.225 e. The van der Waals surface area contributed by atoms with E-state index in [-0.39, 0.29) is 6.61 Å². The Morgan fingerprint density at radius 1 is 1.05 bits per heavy atom. The Morgan fingerprint density at radius 3 is 2.42 bits per heavy atom. The van der Waals surface area contributed by atoms with Crippen LogP contribution < -0.4 is 4.74 Å². The van der Waals surface area contributed by atoms with Crippen molar-refractivity contribution >= 4 is 0 Å². The number of ether oxygens (including phenoxy) is 1. The maximum Gasteiger partial charge on any atom is 0.225 e. The van der Waals surface area contributed by atoms with E-state index in [0.717, 1.165) is 28.1 Å². The van der Waals surface area contributed by atoms with E-state index < -0.39 is 0 Å². The molecular weight excluding hydrogens is 238 g/mol. The van der Waals surface area contributed by atoms with Crippen LogP contribution in [0.2, 0.25) is 0 Å². The first kappa shape index (κ1) is 13.6. The molecule has 1 N–H and O–H groups in total. The normalized spacial score (nSPS) is 10.6. The number of aliphatic hydroxyl groups is 1. The zero-order chi connectivity index (χ0) is 14.0. The second kappa shape index (κ2) is 5.41. The summed E-state index contributed by atoms with van der Waals surface area (Å²) in [5, 5.41) is 9.46. The first-order valence-electron chi connectivity index (χ1n) is 6.34. The van der Waals surface area contributed by atoms with Crippen LogP contribution in [-0.2, 0) is 6.61 Å². The van der Waals surface area contributed by atoms with Crippen LogP contribution in [0, 0.1) is 27.7 Å². The number of aryl methyl sites for hydroxylation is 4. The molecule has 0 aliphatic heterocycles. The molecule has 0 amide bonds. The zero-order valence-corrected chi connectivity index (χ0v) is 11.8. The van der Waals surface area contributed by atoms with Gasteiger partial charge in [0, 0.05) is 11.3 Å². The number of nitrogens with zero attached hydrogens (tertiary/aromatic N) is 1. The van der Waals surface area contributed by atoms with Gasteiger partial charge in [-0.1, -0.05) is 17.7 Å². The second-order valence-electron chi connectivity index (χ2n) is 4.89. The SMILES string of the molecule is Cc1ccc(Oc2nc(C)cc(C)c2CO)c(C)c1. The molecule has 0 aliphatic carbocycles. The Bertz CT molecular complexity index is 606. The minimum absolute atomic E-state index is 0.0701. The molecule has 1 heterocycles. The van der Waals surface area contributed by atoms with E-state index in [1.54, 1.807) is 0 Å². The van der Waals surface area contributed by atoms with E-state index in [0.29, 0.717) is 5.88 Å². The largest absolute Gasteiger partial charge is 0.438 e. The van der Waals surface area contributed by atoms with Gasteiger partial charge < -0.3 is 9.84 Å². The van der Waals surface area contributed by atoms with Crippen LogP contribution in [0.25, 0.3) is 0 Å². The summed E-state index contributed by atoms with van der Waals surface area (Å²) in [4.78, 5) is 4.38. The molecule has 1 aromatic heterocycles. The highest BCUT2D eigenvalue weighted by atomic mass is 16.5. The average Bonchev–Trinajstić information content (AvgIpc) is 2.32. The molecule has 0 saturated heterocycles. The molecule has 0 aliphatic rings. The summed E-state index contributed by atoms with van der Waals surface area (Å²) < 4.78 is 5.88. The highest BCUT2D eigenvalue weighted by Crippen LogP contribution is 2.29. The number of rotatable bonds is 3. The number of aromatic nitrogens is 1. The molecule has 3 heteroatoms. The monoisotopic (exact) mass is 257 g/mol. The van der Waals surface area contributed by atoms with Crippen LogP contribution in [0.4, 0.5) is 0 Å². The lowest BCUT2D eigenvalue weighted by atomic mass is 10.1. The fraction of sp³-hybridized carbons (Fsp3) is 0.312. The van der Waals surface area contributed by atoms with Crippen LogP contribution in [0.1, 0.15) is 27.9 Å². The van der Waals surface area contributed by atoms with Crippen molar-refractivity contribution in [2.45, 2.75) is 34.3 Å². The molecule has 0 radical (unpaired) electrons. The summed E-state index contributed by atoms with van der Waals surface area (Å²) in [5.74, 6) is 1.27. The van der Waals surface area contributed by atoms with Crippen LogP contribution in [-0.4, -0.2) is 10.1 Å². The fourth-order valence-electron chi connectivity index (χ4n) is 2.12. The highest BCUT2D eigenvalue weighted by molar-refractivity contribution is 5.42. The molecule has 1 aromatic carbocycles. The number of hydrogen-bond acceptors (Lipinski definition) is 3. The van der Waals surface area contributed by atoms with Gasteiger partial charge in [0.2, 0.25) is 5.88 Å². The van der Waals surface area contributed by atoms with Crippen molar-refractivity contribution in [3.05, 3.63) is 52.2 Å². The van der Waals surface area contributed by atoms with E-state index in [9.17, 15) is 5.11 Å². The Hall–Kier alpha value is -1.87.